The van der Waals surface area contributed by atoms with Crippen LogP contribution in [0.5, 0.6) is 17.2 Å². The molecule has 2 heterocycles. The lowest BCUT2D eigenvalue weighted by Crippen LogP contribution is -2.25. The number of nitrogens with zero attached hydrogens (tertiary/aromatic N) is 2. The van der Waals surface area contributed by atoms with Gasteiger partial charge in [0.05, 0.1) is 31.3 Å². The van der Waals surface area contributed by atoms with E-state index in [0.717, 1.165) is 33.7 Å². The molecule has 37 heavy (non-hydrogen) atoms. The highest BCUT2D eigenvalue weighted by molar-refractivity contribution is 7.07. The van der Waals surface area contributed by atoms with E-state index in [1.165, 1.54) is 11.1 Å². The molecule has 1 aliphatic heterocycles. The van der Waals surface area contributed by atoms with E-state index in [-0.39, 0.29) is 12.5 Å². The largest absolute Gasteiger partial charge is 0.493 e. The molecule has 5 rings (SSSR count). The number of aromatic nitrogens is 1. The van der Waals surface area contributed by atoms with Gasteiger partial charge in [0.25, 0.3) is 5.91 Å². The molecule has 1 N–H and O–H groups in total. The van der Waals surface area contributed by atoms with Crippen LogP contribution in [-0.2, 0) is 17.8 Å². The molecule has 1 aromatic heterocycles. The first-order chi connectivity index (χ1) is 17.9. The van der Waals surface area contributed by atoms with Crippen LogP contribution in [0.3, 0.4) is 0 Å². The predicted molar refractivity (Wildman–Crippen MR) is 146 cm³/mol. The van der Waals surface area contributed by atoms with E-state index in [1.54, 1.807) is 25.6 Å². The molecule has 0 aliphatic carbocycles. The van der Waals surface area contributed by atoms with Crippen LogP contribution in [0.25, 0.3) is 11.3 Å². The minimum Gasteiger partial charge on any atom is -0.493 e. The summed E-state index contributed by atoms with van der Waals surface area (Å²) in [5.41, 5.74) is 7.10. The van der Waals surface area contributed by atoms with E-state index in [2.05, 4.69) is 53.4 Å². The predicted octanol–water partition coefficient (Wildman–Crippen LogP) is 5.66. The fourth-order valence-electron chi connectivity index (χ4n) is 4.51. The van der Waals surface area contributed by atoms with Gasteiger partial charge in [0, 0.05) is 17.5 Å². The number of benzene rings is 3. The Hall–Kier alpha value is -4.04. The second-order valence-electron chi connectivity index (χ2n) is 9.00. The van der Waals surface area contributed by atoms with Gasteiger partial charge in [0.1, 0.15) is 5.75 Å². The van der Waals surface area contributed by atoms with Crippen molar-refractivity contribution < 1.29 is 19.0 Å². The number of rotatable bonds is 7. The summed E-state index contributed by atoms with van der Waals surface area (Å²) in [6.07, 6.45) is 0.773. The Morgan fingerprint density at radius 2 is 1.78 bits per heavy atom. The lowest BCUT2D eigenvalue weighted by molar-refractivity contribution is -0.118. The second kappa shape index (κ2) is 10.5. The standard InChI is InChI=1S/C29H29N3O4S/c1-18-11-19(2)13-22(12-18)30-29-32(10-9-20-5-7-26(34-3)27(14-20)35-4)24(17-37-29)21-6-8-25-23(15-21)31-28(33)16-36-25/h5-8,11-15,17H,9-10,16H2,1-4H3,(H,31,33). The zero-order valence-corrected chi connectivity index (χ0v) is 22.1. The zero-order valence-electron chi connectivity index (χ0n) is 21.3. The van der Waals surface area contributed by atoms with Gasteiger partial charge in [-0.1, -0.05) is 12.1 Å². The topological polar surface area (TPSA) is 74.1 Å². The first-order valence-corrected chi connectivity index (χ1v) is 12.9. The van der Waals surface area contributed by atoms with Crippen molar-refractivity contribution in [3.8, 4) is 28.5 Å². The van der Waals surface area contributed by atoms with Gasteiger partial charge in [0.15, 0.2) is 22.9 Å². The van der Waals surface area contributed by atoms with Crippen molar-refractivity contribution in [1.82, 2.24) is 4.57 Å². The van der Waals surface area contributed by atoms with E-state index in [0.29, 0.717) is 29.5 Å². The molecule has 0 spiro atoms. The van der Waals surface area contributed by atoms with Gasteiger partial charge in [-0.25, -0.2) is 4.99 Å². The SMILES string of the molecule is COc1ccc(CCn2c(-c3ccc4c(c3)NC(=O)CO4)csc2=Nc2cc(C)cc(C)c2)cc1OC. The monoisotopic (exact) mass is 515 g/mol. The Labute approximate surface area is 220 Å². The van der Waals surface area contributed by atoms with Crippen LogP contribution in [0, 0.1) is 13.8 Å². The van der Waals surface area contributed by atoms with Crippen molar-refractivity contribution in [2.75, 3.05) is 26.1 Å². The molecule has 1 aliphatic rings. The van der Waals surface area contributed by atoms with Crippen molar-refractivity contribution in [3.05, 3.63) is 81.5 Å². The number of amides is 1. The second-order valence-corrected chi connectivity index (χ2v) is 9.84. The van der Waals surface area contributed by atoms with Gasteiger partial charge in [-0.2, -0.15) is 0 Å². The summed E-state index contributed by atoms with van der Waals surface area (Å²) in [5, 5.41) is 5.03. The van der Waals surface area contributed by atoms with Crippen molar-refractivity contribution >= 4 is 28.6 Å². The lowest BCUT2D eigenvalue weighted by atomic mass is 10.1. The van der Waals surface area contributed by atoms with Crippen LogP contribution in [0.4, 0.5) is 11.4 Å². The maximum absolute atomic E-state index is 11.9. The van der Waals surface area contributed by atoms with Crippen LogP contribution >= 0.6 is 11.3 Å². The lowest BCUT2D eigenvalue weighted by Gasteiger charge is -2.19. The first kappa shape index (κ1) is 24.6. The fraction of sp³-hybridized carbons (Fsp3) is 0.241. The maximum Gasteiger partial charge on any atom is 0.262 e. The van der Waals surface area contributed by atoms with Crippen LogP contribution in [0.15, 0.2) is 65.0 Å². The smallest absolute Gasteiger partial charge is 0.262 e. The minimum atomic E-state index is -0.151. The van der Waals surface area contributed by atoms with Crippen LogP contribution < -0.4 is 24.3 Å². The molecule has 4 aromatic rings. The molecule has 0 saturated heterocycles. The van der Waals surface area contributed by atoms with Crippen LogP contribution in [-0.4, -0.2) is 31.3 Å². The number of nitrogens with one attached hydrogen (secondary N) is 1. The Kier molecular flexibility index (Phi) is 7.01. The molecule has 7 nitrogen and oxygen atoms in total. The molecular weight excluding hydrogens is 486 g/mol. The molecule has 8 heteroatoms. The molecule has 0 fully saturated rings. The van der Waals surface area contributed by atoms with Gasteiger partial charge < -0.3 is 24.1 Å². The number of anilines is 1. The molecule has 3 aromatic carbocycles. The van der Waals surface area contributed by atoms with Gasteiger partial charge in [-0.15, -0.1) is 11.3 Å². The molecule has 0 bridgehead atoms. The number of carbonyl (C=O) groups excluding carboxylic acids is 1. The average molecular weight is 516 g/mol. The summed E-state index contributed by atoms with van der Waals surface area (Å²) >= 11 is 1.60. The molecular formula is C29H29N3O4S. The third kappa shape index (κ3) is 5.39. The number of thiazole rings is 1. The summed E-state index contributed by atoms with van der Waals surface area (Å²) < 4.78 is 18.7. The third-order valence-electron chi connectivity index (χ3n) is 6.21. The third-order valence-corrected chi connectivity index (χ3v) is 7.07. The first-order valence-electron chi connectivity index (χ1n) is 12.0. The number of fused-ring (bicyclic) bond motifs is 1. The van der Waals surface area contributed by atoms with Crippen LogP contribution in [0.2, 0.25) is 0 Å². The summed E-state index contributed by atoms with van der Waals surface area (Å²) in [4.78, 5) is 17.8. The van der Waals surface area contributed by atoms with E-state index >= 15 is 0 Å². The van der Waals surface area contributed by atoms with Gasteiger partial charge in [-0.05, 0) is 79.4 Å². The van der Waals surface area contributed by atoms with E-state index < -0.39 is 0 Å². The summed E-state index contributed by atoms with van der Waals surface area (Å²) in [5.74, 6) is 1.94. The normalized spacial score (nSPS) is 13.1. The summed E-state index contributed by atoms with van der Waals surface area (Å²) in [7, 11) is 3.28. The van der Waals surface area contributed by atoms with Crippen molar-refractivity contribution in [2.24, 2.45) is 4.99 Å². The highest BCUT2D eigenvalue weighted by Gasteiger charge is 2.18. The minimum absolute atomic E-state index is 0.0368. The molecule has 0 unspecified atom stereocenters. The number of hydrogen-bond donors (Lipinski definition) is 1. The van der Waals surface area contributed by atoms with E-state index in [9.17, 15) is 4.79 Å². The molecule has 0 saturated carbocycles. The Balaban J connectivity index is 1.56. The van der Waals surface area contributed by atoms with Crippen LogP contribution in [0.1, 0.15) is 16.7 Å². The van der Waals surface area contributed by atoms with E-state index in [4.69, 9.17) is 19.2 Å². The Morgan fingerprint density at radius 3 is 2.54 bits per heavy atom. The number of methoxy groups -OCH3 is 2. The fourth-order valence-corrected chi connectivity index (χ4v) is 5.47. The number of carbonyl (C=O) groups is 1. The van der Waals surface area contributed by atoms with Gasteiger partial charge in [-0.3, -0.25) is 4.79 Å². The van der Waals surface area contributed by atoms with Gasteiger partial charge >= 0.3 is 0 Å². The molecule has 0 radical (unpaired) electrons. The zero-order chi connectivity index (χ0) is 25.9. The van der Waals surface area contributed by atoms with E-state index in [1.807, 2.05) is 30.3 Å². The van der Waals surface area contributed by atoms with Gasteiger partial charge in [0.2, 0.25) is 0 Å². The quantitative estimate of drug-likeness (QED) is 0.345. The number of hydrogen-bond acceptors (Lipinski definition) is 6. The summed E-state index contributed by atoms with van der Waals surface area (Å²) in [6, 6.07) is 18.2. The molecule has 190 valence electrons. The Bertz CT molecular complexity index is 1520. The molecule has 1 amide bonds. The van der Waals surface area contributed by atoms with Crippen molar-refractivity contribution in [3.63, 3.8) is 0 Å². The van der Waals surface area contributed by atoms with Crippen molar-refractivity contribution in [1.29, 1.82) is 0 Å². The molecule has 0 atom stereocenters. The highest BCUT2D eigenvalue weighted by atomic mass is 32.1. The summed E-state index contributed by atoms with van der Waals surface area (Å²) in [6.45, 7) is 4.91. The number of aryl methyl sites for hydroxylation is 3. The number of ether oxygens (including phenoxy) is 3. The highest BCUT2D eigenvalue weighted by Crippen LogP contribution is 2.33. The average Bonchev–Trinajstić information content (AvgIpc) is 3.28. The van der Waals surface area contributed by atoms with Crippen molar-refractivity contribution in [2.45, 2.75) is 26.8 Å². The Morgan fingerprint density at radius 1 is 1.00 bits per heavy atom. The maximum atomic E-state index is 11.9.